The van der Waals surface area contributed by atoms with Gasteiger partial charge in [0.25, 0.3) is 0 Å². The van der Waals surface area contributed by atoms with E-state index in [1.54, 1.807) is 13.3 Å². The van der Waals surface area contributed by atoms with E-state index in [0.29, 0.717) is 5.82 Å². The Morgan fingerprint density at radius 2 is 1.29 bits per heavy atom. The maximum Gasteiger partial charge on any atom is 0.342 e. The molecule has 6 nitrogen and oxygen atoms in total. The summed E-state index contributed by atoms with van der Waals surface area (Å²) in [5, 5.41) is 4.87. The van der Waals surface area contributed by atoms with Crippen molar-refractivity contribution in [2.45, 2.75) is 57.5 Å². The first-order valence-electron chi connectivity index (χ1n) is 13.0. The number of nitrogens with zero attached hydrogens (tertiary/aromatic N) is 3. The Labute approximate surface area is 226 Å². The lowest BCUT2D eigenvalue weighted by atomic mass is 9.77. The van der Waals surface area contributed by atoms with Gasteiger partial charge in [0, 0.05) is 0 Å². The van der Waals surface area contributed by atoms with Crippen LogP contribution in [0.2, 0.25) is 18.1 Å². The van der Waals surface area contributed by atoms with Gasteiger partial charge in [0.15, 0.2) is 14.1 Å². The molecule has 0 saturated heterocycles. The standard InChI is InChI=1S/C31H37N3O3Si/c1-7-36-29(35)27(37-38(5,6)30(2,3)4)28-32-23-34(33-28)31(24-17-11-8-12-18-24,25-19-13-9-14-20-25)26-21-15-10-16-22-26/h8-23,27H,7H2,1-6H3. The third-order valence-corrected chi connectivity index (χ3v) is 11.8. The van der Waals surface area contributed by atoms with E-state index in [2.05, 4.69) is 75.2 Å². The summed E-state index contributed by atoms with van der Waals surface area (Å²) in [5.74, 6) is -0.180. The highest BCUT2D eigenvalue weighted by Crippen LogP contribution is 2.42. The average molecular weight is 528 g/mol. The second-order valence-electron chi connectivity index (χ2n) is 10.9. The molecule has 4 rings (SSSR count). The van der Waals surface area contributed by atoms with Crippen LogP contribution in [-0.2, 0) is 19.5 Å². The monoisotopic (exact) mass is 527 g/mol. The fraction of sp³-hybridized carbons (Fsp3) is 0.323. The molecule has 1 atom stereocenters. The van der Waals surface area contributed by atoms with Crippen LogP contribution in [0, 0.1) is 0 Å². The van der Waals surface area contributed by atoms with Crippen molar-refractivity contribution in [3.8, 4) is 0 Å². The van der Waals surface area contributed by atoms with Crippen LogP contribution in [0.15, 0.2) is 97.3 Å². The second-order valence-corrected chi connectivity index (χ2v) is 15.6. The third-order valence-electron chi connectivity index (χ3n) is 7.38. The maximum absolute atomic E-state index is 13.2. The van der Waals surface area contributed by atoms with Gasteiger partial charge < -0.3 is 9.16 Å². The highest BCUT2D eigenvalue weighted by Gasteiger charge is 2.44. The molecule has 1 aromatic heterocycles. The second kappa shape index (κ2) is 11.1. The fourth-order valence-electron chi connectivity index (χ4n) is 4.39. The van der Waals surface area contributed by atoms with Crippen molar-refractivity contribution in [3.63, 3.8) is 0 Å². The summed E-state index contributed by atoms with van der Waals surface area (Å²) in [6.45, 7) is 12.7. The predicted molar refractivity (Wildman–Crippen MR) is 152 cm³/mol. The van der Waals surface area contributed by atoms with E-state index in [1.165, 1.54) is 0 Å². The lowest BCUT2D eigenvalue weighted by Crippen LogP contribution is -2.44. The van der Waals surface area contributed by atoms with E-state index >= 15 is 0 Å². The Kier molecular flexibility index (Phi) is 7.99. The minimum Gasteiger partial charge on any atom is -0.464 e. The van der Waals surface area contributed by atoms with Gasteiger partial charge in [-0.1, -0.05) is 112 Å². The van der Waals surface area contributed by atoms with Gasteiger partial charge in [-0.05, 0) is 41.7 Å². The van der Waals surface area contributed by atoms with Gasteiger partial charge in [-0.2, -0.15) is 5.10 Å². The smallest absolute Gasteiger partial charge is 0.342 e. The number of hydrogen-bond donors (Lipinski definition) is 0. The van der Waals surface area contributed by atoms with Gasteiger partial charge in [0.1, 0.15) is 11.9 Å². The van der Waals surface area contributed by atoms with E-state index in [9.17, 15) is 4.79 Å². The number of aromatic nitrogens is 3. The fourth-order valence-corrected chi connectivity index (χ4v) is 5.53. The zero-order valence-corrected chi connectivity index (χ0v) is 24.1. The average Bonchev–Trinajstić information content (AvgIpc) is 3.39. The van der Waals surface area contributed by atoms with Crippen molar-refractivity contribution in [3.05, 3.63) is 120 Å². The number of carbonyl (C=O) groups excluding carboxylic acids is 1. The molecule has 0 saturated carbocycles. The number of esters is 1. The largest absolute Gasteiger partial charge is 0.464 e. The maximum atomic E-state index is 13.2. The Hall–Kier alpha value is -3.55. The topological polar surface area (TPSA) is 66.2 Å². The van der Waals surface area contributed by atoms with Gasteiger partial charge in [-0.3, -0.25) is 0 Å². The Bertz CT molecular complexity index is 1240. The lowest BCUT2D eigenvalue weighted by molar-refractivity contribution is -0.152. The zero-order chi connectivity index (χ0) is 27.4. The van der Waals surface area contributed by atoms with E-state index in [4.69, 9.17) is 14.3 Å². The molecule has 7 heteroatoms. The molecule has 198 valence electrons. The number of carbonyl (C=O) groups is 1. The molecular weight excluding hydrogens is 490 g/mol. The number of rotatable bonds is 9. The van der Waals surface area contributed by atoms with Crippen LogP contribution in [-0.4, -0.2) is 35.7 Å². The zero-order valence-electron chi connectivity index (χ0n) is 23.1. The molecule has 0 bridgehead atoms. The molecule has 0 N–H and O–H groups in total. The van der Waals surface area contributed by atoms with Gasteiger partial charge in [-0.25, -0.2) is 14.5 Å². The Balaban J connectivity index is 1.94. The minimum absolute atomic E-state index is 0.109. The van der Waals surface area contributed by atoms with Crippen LogP contribution in [0.25, 0.3) is 0 Å². The molecule has 0 spiro atoms. The first-order valence-corrected chi connectivity index (χ1v) is 15.9. The molecule has 4 aromatic rings. The number of ether oxygens (including phenoxy) is 1. The van der Waals surface area contributed by atoms with Crippen molar-refractivity contribution in [1.82, 2.24) is 14.8 Å². The minimum atomic E-state index is -2.36. The molecular formula is C31H37N3O3Si. The molecule has 3 aromatic carbocycles. The first kappa shape index (κ1) is 27.5. The quantitative estimate of drug-likeness (QED) is 0.137. The van der Waals surface area contributed by atoms with Gasteiger partial charge in [-0.15, -0.1) is 0 Å². The van der Waals surface area contributed by atoms with Crippen LogP contribution in [0.3, 0.4) is 0 Å². The molecule has 1 heterocycles. The highest BCUT2D eigenvalue weighted by molar-refractivity contribution is 6.74. The summed E-state index contributed by atoms with van der Waals surface area (Å²) in [7, 11) is -2.36. The summed E-state index contributed by atoms with van der Waals surface area (Å²) < 4.78 is 13.9. The van der Waals surface area contributed by atoms with Crippen LogP contribution >= 0.6 is 0 Å². The summed E-state index contributed by atoms with van der Waals surface area (Å²) >= 11 is 0. The molecule has 0 aliphatic carbocycles. The Morgan fingerprint density at radius 3 is 1.68 bits per heavy atom. The molecule has 0 fully saturated rings. The van der Waals surface area contributed by atoms with Gasteiger partial charge in [0.05, 0.1) is 6.61 Å². The summed E-state index contributed by atoms with van der Waals surface area (Å²) in [6.07, 6.45) is 0.681. The summed E-state index contributed by atoms with van der Waals surface area (Å²) in [4.78, 5) is 17.9. The Morgan fingerprint density at radius 1 is 0.842 bits per heavy atom. The van der Waals surface area contributed by atoms with Crippen molar-refractivity contribution < 1.29 is 14.0 Å². The van der Waals surface area contributed by atoms with E-state index in [1.807, 2.05) is 59.3 Å². The van der Waals surface area contributed by atoms with Crippen molar-refractivity contribution in [2.24, 2.45) is 0 Å². The molecule has 0 aliphatic rings. The van der Waals surface area contributed by atoms with Gasteiger partial charge in [0.2, 0.25) is 6.10 Å². The van der Waals surface area contributed by atoms with Crippen molar-refractivity contribution >= 4 is 14.3 Å². The number of hydrogen-bond acceptors (Lipinski definition) is 5. The van der Waals surface area contributed by atoms with Crippen LogP contribution in [0.5, 0.6) is 0 Å². The first-order chi connectivity index (χ1) is 18.1. The molecule has 1 unspecified atom stereocenters. The predicted octanol–water partition coefficient (Wildman–Crippen LogP) is 6.74. The van der Waals surface area contributed by atoms with Crippen molar-refractivity contribution in [2.75, 3.05) is 6.61 Å². The molecule has 38 heavy (non-hydrogen) atoms. The third kappa shape index (κ3) is 5.21. The van der Waals surface area contributed by atoms with E-state index in [0.717, 1.165) is 16.7 Å². The summed E-state index contributed by atoms with van der Waals surface area (Å²) in [6, 6.07) is 30.7. The summed E-state index contributed by atoms with van der Waals surface area (Å²) in [5.41, 5.74) is 2.23. The molecule has 0 amide bonds. The van der Waals surface area contributed by atoms with E-state index in [-0.39, 0.29) is 11.6 Å². The van der Waals surface area contributed by atoms with Gasteiger partial charge >= 0.3 is 5.97 Å². The normalized spacial score (nSPS) is 13.2. The van der Waals surface area contributed by atoms with E-state index < -0.39 is 25.9 Å². The lowest BCUT2D eigenvalue weighted by Gasteiger charge is -2.38. The number of benzene rings is 3. The van der Waals surface area contributed by atoms with Crippen LogP contribution in [0.4, 0.5) is 0 Å². The van der Waals surface area contributed by atoms with Crippen LogP contribution in [0.1, 0.15) is 56.3 Å². The molecule has 0 aliphatic heterocycles. The SMILES string of the molecule is CCOC(=O)C(O[Si](C)(C)C(C)(C)C)c1ncn(C(c2ccccc2)(c2ccccc2)c2ccccc2)n1. The van der Waals surface area contributed by atoms with Crippen LogP contribution < -0.4 is 0 Å². The molecule has 0 radical (unpaired) electrons. The highest BCUT2D eigenvalue weighted by atomic mass is 28.4. The van der Waals surface area contributed by atoms with Crippen molar-refractivity contribution in [1.29, 1.82) is 0 Å².